The van der Waals surface area contributed by atoms with E-state index in [-0.39, 0.29) is 18.0 Å². The molecule has 21 heavy (non-hydrogen) atoms. The lowest BCUT2D eigenvalue weighted by Gasteiger charge is -2.36. The monoisotopic (exact) mass is 287 g/mol. The van der Waals surface area contributed by atoms with Crippen molar-refractivity contribution in [3.8, 4) is 0 Å². The molecule has 3 unspecified atom stereocenters. The molecule has 2 heterocycles. The highest BCUT2D eigenvalue weighted by atomic mass is 16.2. The normalized spacial score (nSPS) is 29.6. The molecule has 0 aromatic heterocycles. The molecule has 114 valence electrons. The van der Waals surface area contributed by atoms with Gasteiger partial charge in [-0.1, -0.05) is 37.3 Å². The van der Waals surface area contributed by atoms with E-state index in [2.05, 4.69) is 34.8 Å². The molecule has 2 N–H and O–H groups in total. The van der Waals surface area contributed by atoms with Gasteiger partial charge in [0.25, 0.3) is 0 Å². The van der Waals surface area contributed by atoms with Crippen molar-refractivity contribution in [3.63, 3.8) is 0 Å². The molecule has 1 aromatic carbocycles. The molecule has 2 fully saturated rings. The number of carbonyl (C=O) groups is 1. The van der Waals surface area contributed by atoms with Crippen LogP contribution in [0, 0.1) is 0 Å². The van der Waals surface area contributed by atoms with Crippen LogP contribution in [-0.2, 0) is 4.79 Å². The summed E-state index contributed by atoms with van der Waals surface area (Å²) in [6.45, 7) is 3.11. The van der Waals surface area contributed by atoms with Gasteiger partial charge in [0.2, 0.25) is 5.91 Å². The van der Waals surface area contributed by atoms with E-state index in [4.69, 9.17) is 0 Å². The predicted octanol–water partition coefficient (Wildman–Crippen LogP) is 2.39. The van der Waals surface area contributed by atoms with Gasteiger partial charge < -0.3 is 4.90 Å². The first-order chi connectivity index (χ1) is 10.3. The van der Waals surface area contributed by atoms with Crippen molar-refractivity contribution >= 4 is 5.91 Å². The van der Waals surface area contributed by atoms with Gasteiger partial charge in [-0.05, 0) is 37.7 Å². The topological polar surface area (TPSA) is 44.4 Å². The molecular formula is C17H25N3O. The van der Waals surface area contributed by atoms with Gasteiger partial charge in [-0.15, -0.1) is 0 Å². The van der Waals surface area contributed by atoms with Crippen LogP contribution in [0.15, 0.2) is 30.3 Å². The van der Waals surface area contributed by atoms with Crippen LogP contribution < -0.4 is 10.9 Å². The number of nitrogens with zero attached hydrogens (tertiary/aromatic N) is 1. The van der Waals surface area contributed by atoms with E-state index in [1.165, 1.54) is 12.0 Å². The van der Waals surface area contributed by atoms with E-state index in [9.17, 15) is 4.79 Å². The molecule has 4 nitrogen and oxygen atoms in total. The minimum Gasteiger partial charge on any atom is -0.338 e. The zero-order valence-corrected chi connectivity index (χ0v) is 12.7. The van der Waals surface area contributed by atoms with E-state index >= 15 is 0 Å². The van der Waals surface area contributed by atoms with Gasteiger partial charge in [0.05, 0.1) is 0 Å². The van der Waals surface area contributed by atoms with Crippen molar-refractivity contribution in [2.24, 2.45) is 0 Å². The van der Waals surface area contributed by atoms with Crippen LogP contribution in [-0.4, -0.2) is 29.4 Å². The van der Waals surface area contributed by atoms with Gasteiger partial charge in [-0.2, -0.15) is 0 Å². The van der Waals surface area contributed by atoms with Crippen LogP contribution in [0.2, 0.25) is 0 Å². The zero-order chi connectivity index (χ0) is 14.7. The maximum atomic E-state index is 12.8. The number of carbonyl (C=O) groups excluding carboxylic acids is 1. The summed E-state index contributed by atoms with van der Waals surface area (Å²) in [5.74, 6) is 0.271. The predicted molar refractivity (Wildman–Crippen MR) is 83.5 cm³/mol. The maximum absolute atomic E-state index is 12.8. The summed E-state index contributed by atoms with van der Waals surface area (Å²) in [5, 5.41) is 0. The van der Waals surface area contributed by atoms with E-state index < -0.39 is 0 Å². The standard InChI is InChI=1S/C17H25N3O/c1-2-14-10-6-7-11-20(14)17(21)16-12-15(18-19-16)13-8-4-3-5-9-13/h3-5,8-9,14-16,18-19H,2,6-7,10-12H2,1H3. The molecule has 2 aliphatic rings. The molecule has 3 rings (SSSR count). The maximum Gasteiger partial charge on any atom is 0.241 e. The SMILES string of the molecule is CCC1CCCCN1C(=O)C1CC(c2ccccc2)NN1. The Balaban J connectivity index is 1.64. The van der Waals surface area contributed by atoms with Crippen molar-refractivity contribution in [2.45, 2.75) is 57.2 Å². The fourth-order valence-corrected chi connectivity index (χ4v) is 3.54. The summed E-state index contributed by atoms with van der Waals surface area (Å²) in [7, 11) is 0. The van der Waals surface area contributed by atoms with Gasteiger partial charge in [0.15, 0.2) is 0 Å². The molecule has 3 atom stereocenters. The Hall–Kier alpha value is -1.39. The average molecular weight is 287 g/mol. The van der Waals surface area contributed by atoms with Crippen molar-refractivity contribution < 1.29 is 4.79 Å². The molecule has 0 saturated carbocycles. The highest BCUT2D eigenvalue weighted by Crippen LogP contribution is 2.26. The Bertz CT molecular complexity index is 476. The molecule has 0 spiro atoms. The first-order valence-electron chi connectivity index (χ1n) is 8.16. The number of hydrogen-bond donors (Lipinski definition) is 2. The third kappa shape index (κ3) is 3.11. The summed E-state index contributed by atoms with van der Waals surface area (Å²) in [5.41, 5.74) is 7.73. The quantitative estimate of drug-likeness (QED) is 0.897. The minimum absolute atomic E-state index is 0.0950. The largest absolute Gasteiger partial charge is 0.338 e. The van der Waals surface area contributed by atoms with Crippen LogP contribution in [0.4, 0.5) is 0 Å². The van der Waals surface area contributed by atoms with Crippen LogP contribution in [0.3, 0.4) is 0 Å². The molecule has 0 aliphatic carbocycles. The molecular weight excluding hydrogens is 262 g/mol. The highest BCUT2D eigenvalue weighted by molar-refractivity contribution is 5.82. The Morgan fingerprint density at radius 3 is 2.81 bits per heavy atom. The number of likely N-dealkylation sites (tertiary alicyclic amines) is 1. The van der Waals surface area contributed by atoms with Crippen molar-refractivity contribution in [1.82, 2.24) is 15.8 Å². The number of rotatable bonds is 3. The van der Waals surface area contributed by atoms with E-state index in [0.29, 0.717) is 6.04 Å². The van der Waals surface area contributed by atoms with Gasteiger partial charge >= 0.3 is 0 Å². The summed E-state index contributed by atoms with van der Waals surface area (Å²) < 4.78 is 0. The van der Waals surface area contributed by atoms with Crippen molar-refractivity contribution in [2.75, 3.05) is 6.54 Å². The Morgan fingerprint density at radius 2 is 2.05 bits per heavy atom. The number of benzene rings is 1. The molecule has 4 heteroatoms. The average Bonchev–Trinajstić information content (AvgIpc) is 3.05. The number of piperidine rings is 1. The van der Waals surface area contributed by atoms with Crippen LogP contribution in [0.5, 0.6) is 0 Å². The number of hydrogen-bond acceptors (Lipinski definition) is 3. The first-order valence-corrected chi connectivity index (χ1v) is 8.16. The second kappa shape index (κ2) is 6.58. The Labute approximate surface area is 126 Å². The van der Waals surface area contributed by atoms with Gasteiger partial charge in [0.1, 0.15) is 6.04 Å². The molecule has 2 aliphatic heterocycles. The highest BCUT2D eigenvalue weighted by Gasteiger charge is 2.35. The van der Waals surface area contributed by atoms with Crippen LogP contribution in [0.25, 0.3) is 0 Å². The molecule has 2 saturated heterocycles. The van der Waals surface area contributed by atoms with E-state index in [1.54, 1.807) is 0 Å². The molecule has 1 aromatic rings. The fourth-order valence-electron chi connectivity index (χ4n) is 3.54. The Kier molecular flexibility index (Phi) is 4.56. The third-order valence-corrected chi connectivity index (χ3v) is 4.78. The lowest BCUT2D eigenvalue weighted by molar-refractivity contribution is -0.137. The lowest BCUT2D eigenvalue weighted by Crippen LogP contribution is -2.51. The molecule has 0 bridgehead atoms. The third-order valence-electron chi connectivity index (χ3n) is 4.78. The van der Waals surface area contributed by atoms with Crippen molar-refractivity contribution in [3.05, 3.63) is 35.9 Å². The van der Waals surface area contributed by atoms with Crippen LogP contribution in [0.1, 0.15) is 50.6 Å². The summed E-state index contributed by atoms with van der Waals surface area (Å²) in [6.07, 6.45) is 5.45. The second-order valence-electron chi connectivity index (χ2n) is 6.13. The molecule has 1 amide bonds. The smallest absolute Gasteiger partial charge is 0.241 e. The summed E-state index contributed by atoms with van der Waals surface area (Å²) in [6, 6.07) is 10.9. The zero-order valence-electron chi connectivity index (χ0n) is 12.7. The lowest BCUT2D eigenvalue weighted by atomic mass is 9.97. The van der Waals surface area contributed by atoms with Crippen molar-refractivity contribution in [1.29, 1.82) is 0 Å². The first kappa shape index (κ1) is 14.5. The number of hydrazine groups is 1. The fraction of sp³-hybridized carbons (Fsp3) is 0.588. The summed E-state index contributed by atoms with van der Waals surface area (Å²) >= 11 is 0. The second-order valence-corrected chi connectivity index (χ2v) is 6.13. The van der Waals surface area contributed by atoms with Gasteiger partial charge in [0, 0.05) is 18.6 Å². The van der Waals surface area contributed by atoms with Crippen LogP contribution >= 0.6 is 0 Å². The number of nitrogens with one attached hydrogen (secondary N) is 2. The minimum atomic E-state index is -0.0950. The van der Waals surface area contributed by atoms with Gasteiger partial charge in [-0.3, -0.25) is 4.79 Å². The van der Waals surface area contributed by atoms with E-state index in [0.717, 1.165) is 32.2 Å². The summed E-state index contributed by atoms with van der Waals surface area (Å²) in [4.78, 5) is 14.9. The number of amides is 1. The Morgan fingerprint density at radius 1 is 1.24 bits per heavy atom. The molecule has 0 radical (unpaired) electrons. The van der Waals surface area contributed by atoms with E-state index in [1.807, 2.05) is 18.2 Å². The van der Waals surface area contributed by atoms with Gasteiger partial charge in [-0.25, -0.2) is 10.9 Å².